The standard InChI is InChI=1S/C19H20BrNO2/c1-2-10-23-18-9-4-3-8-17(18)21-19(22)16-12-15(16)13-6-5-7-14(20)11-13/h3-9,11,15-16H,2,10,12H2,1H3,(H,21,22). The maximum Gasteiger partial charge on any atom is 0.228 e. The molecule has 1 fully saturated rings. The van der Waals surface area contributed by atoms with Gasteiger partial charge in [-0.3, -0.25) is 4.79 Å². The number of carbonyl (C=O) groups excluding carboxylic acids is 1. The van der Waals surface area contributed by atoms with Crippen molar-refractivity contribution in [2.45, 2.75) is 25.7 Å². The molecule has 1 saturated carbocycles. The summed E-state index contributed by atoms with van der Waals surface area (Å²) in [6.07, 6.45) is 1.84. The van der Waals surface area contributed by atoms with Gasteiger partial charge in [0.1, 0.15) is 5.75 Å². The van der Waals surface area contributed by atoms with E-state index in [1.165, 1.54) is 5.56 Å². The topological polar surface area (TPSA) is 38.3 Å². The SMILES string of the molecule is CCCOc1ccccc1NC(=O)C1CC1c1cccc(Br)c1. The van der Waals surface area contributed by atoms with Crippen molar-refractivity contribution >= 4 is 27.5 Å². The number of nitrogens with one attached hydrogen (secondary N) is 1. The summed E-state index contributed by atoms with van der Waals surface area (Å²) < 4.78 is 6.75. The molecule has 0 aliphatic heterocycles. The molecule has 0 bridgehead atoms. The summed E-state index contributed by atoms with van der Waals surface area (Å²) in [5, 5.41) is 3.02. The van der Waals surface area contributed by atoms with Crippen LogP contribution in [0.2, 0.25) is 0 Å². The molecule has 1 N–H and O–H groups in total. The Hall–Kier alpha value is -1.81. The van der Waals surface area contributed by atoms with Crippen LogP contribution in [0.3, 0.4) is 0 Å². The van der Waals surface area contributed by atoms with Crippen LogP contribution < -0.4 is 10.1 Å². The Morgan fingerprint density at radius 2 is 2.09 bits per heavy atom. The first-order valence-electron chi connectivity index (χ1n) is 7.97. The van der Waals surface area contributed by atoms with Gasteiger partial charge in [-0.1, -0.05) is 47.1 Å². The summed E-state index contributed by atoms with van der Waals surface area (Å²) in [7, 11) is 0. The first-order chi connectivity index (χ1) is 11.2. The minimum absolute atomic E-state index is 0.0449. The molecule has 0 saturated heterocycles. The van der Waals surface area contributed by atoms with Gasteiger partial charge in [-0.05, 0) is 48.6 Å². The van der Waals surface area contributed by atoms with E-state index in [2.05, 4.69) is 40.3 Å². The molecule has 120 valence electrons. The van der Waals surface area contributed by atoms with Crippen LogP contribution in [0.1, 0.15) is 31.2 Å². The van der Waals surface area contributed by atoms with Gasteiger partial charge in [-0.25, -0.2) is 0 Å². The van der Waals surface area contributed by atoms with Crippen LogP contribution in [0.25, 0.3) is 0 Å². The van der Waals surface area contributed by atoms with Crippen LogP contribution in [-0.4, -0.2) is 12.5 Å². The van der Waals surface area contributed by atoms with E-state index in [0.717, 1.165) is 28.8 Å². The molecule has 0 heterocycles. The Morgan fingerprint density at radius 3 is 2.87 bits per heavy atom. The first-order valence-corrected chi connectivity index (χ1v) is 8.76. The van der Waals surface area contributed by atoms with Gasteiger partial charge in [0.15, 0.2) is 0 Å². The fraction of sp³-hybridized carbons (Fsp3) is 0.316. The second kappa shape index (κ2) is 7.18. The number of benzene rings is 2. The van der Waals surface area contributed by atoms with Crippen LogP contribution in [0.4, 0.5) is 5.69 Å². The quantitative estimate of drug-likeness (QED) is 0.775. The lowest BCUT2D eigenvalue weighted by Gasteiger charge is -2.12. The minimum atomic E-state index is 0.0449. The van der Waals surface area contributed by atoms with Gasteiger partial charge < -0.3 is 10.1 Å². The summed E-state index contributed by atoms with van der Waals surface area (Å²) >= 11 is 3.49. The predicted molar refractivity (Wildman–Crippen MR) is 95.8 cm³/mol. The third-order valence-electron chi connectivity index (χ3n) is 4.01. The van der Waals surface area contributed by atoms with E-state index >= 15 is 0 Å². The van der Waals surface area contributed by atoms with Crippen LogP contribution in [0, 0.1) is 5.92 Å². The molecule has 0 aromatic heterocycles. The van der Waals surface area contributed by atoms with E-state index < -0.39 is 0 Å². The Kier molecular flexibility index (Phi) is 5.01. The summed E-state index contributed by atoms with van der Waals surface area (Å²) in [6, 6.07) is 15.8. The molecule has 2 unspecified atom stereocenters. The molecule has 0 radical (unpaired) electrons. The van der Waals surface area contributed by atoms with E-state index in [0.29, 0.717) is 12.5 Å². The van der Waals surface area contributed by atoms with Crippen LogP contribution in [0.5, 0.6) is 5.75 Å². The summed E-state index contributed by atoms with van der Waals surface area (Å²) in [4.78, 5) is 12.5. The normalized spacial score (nSPS) is 19.2. The van der Waals surface area contributed by atoms with Crippen molar-refractivity contribution in [3.63, 3.8) is 0 Å². The average molecular weight is 374 g/mol. The average Bonchev–Trinajstić information content (AvgIpc) is 3.35. The molecule has 1 aliphatic rings. The van der Waals surface area contributed by atoms with Crippen LogP contribution in [-0.2, 0) is 4.79 Å². The highest BCUT2D eigenvalue weighted by Crippen LogP contribution is 2.48. The number of para-hydroxylation sites is 2. The van der Waals surface area contributed by atoms with E-state index in [4.69, 9.17) is 4.74 Å². The molecule has 2 aromatic carbocycles. The molecule has 3 rings (SSSR count). The summed E-state index contributed by atoms with van der Waals surface area (Å²) in [6.45, 7) is 2.71. The van der Waals surface area contributed by atoms with Gasteiger partial charge in [0.05, 0.1) is 12.3 Å². The van der Waals surface area contributed by atoms with Crippen molar-refractivity contribution in [2.75, 3.05) is 11.9 Å². The number of ether oxygens (including phenoxy) is 1. The molecular formula is C19H20BrNO2. The zero-order valence-corrected chi connectivity index (χ0v) is 14.7. The highest BCUT2D eigenvalue weighted by atomic mass is 79.9. The van der Waals surface area contributed by atoms with Crippen LogP contribution in [0.15, 0.2) is 53.0 Å². The number of rotatable bonds is 6. The van der Waals surface area contributed by atoms with Gasteiger partial charge in [0, 0.05) is 10.4 Å². The Labute approximate surface area is 145 Å². The molecule has 0 spiro atoms. The zero-order chi connectivity index (χ0) is 16.2. The third-order valence-corrected chi connectivity index (χ3v) is 4.50. The van der Waals surface area contributed by atoms with Gasteiger partial charge in [-0.15, -0.1) is 0 Å². The van der Waals surface area contributed by atoms with Gasteiger partial charge in [0.25, 0.3) is 0 Å². The molecule has 4 heteroatoms. The van der Waals surface area contributed by atoms with Crippen molar-refractivity contribution < 1.29 is 9.53 Å². The van der Waals surface area contributed by atoms with Crippen molar-refractivity contribution in [3.8, 4) is 5.75 Å². The zero-order valence-electron chi connectivity index (χ0n) is 13.1. The number of carbonyl (C=O) groups is 1. The highest BCUT2D eigenvalue weighted by Gasteiger charge is 2.44. The van der Waals surface area contributed by atoms with E-state index in [1.807, 2.05) is 36.4 Å². The Balaban J connectivity index is 1.65. The van der Waals surface area contributed by atoms with Crippen LogP contribution >= 0.6 is 15.9 Å². The van der Waals surface area contributed by atoms with Crippen molar-refractivity contribution in [1.82, 2.24) is 0 Å². The molecule has 2 atom stereocenters. The van der Waals surface area contributed by atoms with Crippen molar-refractivity contribution in [1.29, 1.82) is 0 Å². The fourth-order valence-corrected chi connectivity index (χ4v) is 3.14. The maximum absolute atomic E-state index is 12.5. The third kappa shape index (κ3) is 3.94. The number of halogens is 1. The number of anilines is 1. The molecular weight excluding hydrogens is 354 g/mol. The monoisotopic (exact) mass is 373 g/mol. The molecule has 23 heavy (non-hydrogen) atoms. The first kappa shape index (κ1) is 16.1. The summed E-state index contributed by atoms with van der Waals surface area (Å²) in [5.74, 6) is 1.17. The van der Waals surface area contributed by atoms with Gasteiger partial charge >= 0.3 is 0 Å². The lowest BCUT2D eigenvalue weighted by atomic mass is 10.1. The van der Waals surface area contributed by atoms with E-state index in [9.17, 15) is 4.79 Å². The largest absolute Gasteiger partial charge is 0.491 e. The number of hydrogen-bond acceptors (Lipinski definition) is 2. The molecule has 3 nitrogen and oxygen atoms in total. The molecule has 2 aromatic rings. The fourth-order valence-electron chi connectivity index (χ4n) is 2.72. The lowest BCUT2D eigenvalue weighted by Crippen LogP contribution is -2.15. The predicted octanol–water partition coefficient (Wildman–Crippen LogP) is 4.98. The Morgan fingerprint density at radius 1 is 1.26 bits per heavy atom. The number of amides is 1. The van der Waals surface area contributed by atoms with Crippen molar-refractivity contribution in [2.24, 2.45) is 5.92 Å². The van der Waals surface area contributed by atoms with E-state index in [1.54, 1.807) is 0 Å². The second-order valence-corrected chi connectivity index (χ2v) is 6.75. The molecule has 1 aliphatic carbocycles. The maximum atomic E-state index is 12.5. The van der Waals surface area contributed by atoms with E-state index in [-0.39, 0.29) is 11.8 Å². The van der Waals surface area contributed by atoms with Crippen molar-refractivity contribution in [3.05, 3.63) is 58.6 Å². The highest BCUT2D eigenvalue weighted by molar-refractivity contribution is 9.10. The lowest BCUT2D eigenvalue weighted by molar-refractivity contribution is -0.117. The minimum Gasteiger partial charge on any atom is -0.491 e. The van der Waals surface area contributed by atoms with Gasteiger partial charge in [0.2, 0.25) is 5.91 Å². The second-order valence-electron chi connectivity index (χ2n) is 5.84. The number of hydrogen-bond donors (Lipinski definition) is 1. The van der Waals surface area contributed by atoms with Gasteiger partial charge in [-0.2, -0.15) is 0 Å². The molecule has 1 amide bonds. The smallest absolute Gasteiger partial charge is 0.228 e. The Bertz CT molecular complexity index is 701. The summed E-state index contributed by atoms with van der Waals surface area (Å²) in [5.41, 5.74) is 1.97.